The zero-order chi connectivity index (χ0) is 15.6. The summed E-state index contributed by atoms with van der Waals surface area (Å²) in [7, 11) is 1.21. The Labute approximate surface area is 120 Å². The third-order valence-corrected chi connectivity index (χ3v) is 3.07. The third-order valence-electron chi connectivity index (χ3n) is 3.07. The lowest BCUT2D eigenvalue weighted by molar-refractivity contribution is -0.384. The van der Waals surface area contributed by atoms with Crippen LogP contribution in [0.15, 0.2) is 35.0 Å². The van der Waals surface area contributed by atoms with Crippen molar-refractivity contribution in [1.29, 1.82) is 0 Å². The van der Waals surface area contributed by atoms with E-state index in [1.807, 2.05) is 0 Å². The molecule has 21 heavy (non-hydrogen) atoms. The van der Waals surface area contributed by atoms with Gasteiger partial charge in [0.05, 0.1) is 12.0 Å². The first kappa shape index (κ1) is 14.6. The van der Waals surface area contributed by atoms with Crippen LogP contribution < -0.4 is 0 Å². The van der Waals surface area contributed by atoms with Gasteiger partial charge in [-0.05, 0) is 30.7 Å². The lowest BCUT2D eigenvalue weighted by Gasteiger charge is -2.04. The highest BCUT2D eigenvalue weighted by atomic mass is 16.6. The number of hydrogen-bond donors (Lipinski definition) is 0. The summed E-state index contributed by atoms with van der Waals surface area (Å²) in [5.41, 5.74) is 1.06. The Balaban J connectivity index is 2.28. The molecule has 0 radical (unpaired) electrons. The normalized spacial score (nSPS) is 19.5. The number of Topliss-reactive ketones (excluding diaryl/α,β-unsaturated/α-hetero) is 1. The highest BCUT2D eigenvalue weighted by molar-refractivity contribution is 6.28. The monoisotopic (exact) mass is 288 g/mol. The Bertz CT molecular complexity index is 673. The predicted octanol–water partition coefficient (Wildman–Crippen LogP) is 1.77. The number of non-ortho nitro benzene ring substituents is 1. The second-order valence-corrected chi connectivity index (χ2v) is 4.45. The van der Waals surface area contributed by atoms with E-state index in [1.54, 1.807) is 6.92 Å². The molecule has 1 aliphatic rings. The zero-order valence-corrected chi connectivity index (χ0v) is 11.4. The zero-order valence-electron chi connectivity index (χ0n) is 11.4. The first-order valence-corrected chi connectivity index (χ1v) is 6.07. The van der Waals surface area contributed by atoms with Gasteiger partial charge in [-0.15, -0.1) is 0 Å². The molecule has 0 fully saturated rings. The minimum Gasteiger partial charge on any atom is -0.468 e. The molecule has 1 atom stereocenters. The highest BCUT2D eigenvalue weighted by Gasteiger charge is 2.37. The molecule has 108 valence electrons. The van der Waals surface area contributed by atoms with Crippen molar-refractivity contribution in [3.05, 3.63) is 45.6 Å². The molecule has 0 spiro atoms. The molecule has 0 bridgehead atoms. The number of esters is 1. The van der Waals surface area contributed by atoms with Gasteiger partial charge in [0.2, 0.25) is 5.78 Å². The molecule has 1 aromatic carbocycles. The molecule has 1 unspecified atom stereocenters. The molecule has 0 saturated carbocycles. The smallest absolute Gasteiger partial charge is 0.322 e. The molecule has 7 nitrogen and oxygen atoms in total. The number of ketones is 1. The summed E-state index contributed by atoms with van der Waals surface area (Å²) in [5.74, 6) is -2.08. The summed E-state index contributed by atoms with van der Waals surface area (Å²) >= 11 is 0. The minimum absolute atomic E-state index is 0.0398. The largest absolute Gasteiger partial charge is 0.468 e. The van der Waals surface area contributed by atoms with Gasteiger partial charge in [-0.25, -0.2) is 0 Å². The van der Waals surface area contributed by atoms with E-state index in [9.17, 15) is 19.7 Å². The molecule has 7 heteroatoms. The van der Waals surface area contributed by atoms with Gasteiger partial charge in [0, 0.05) is 17.8 Å². The molecule has 1 aromatic rings. The number of rotatable bonds is 3. The number of ether oxygens (including phenoxy) is 1. The lowest BCUT2D eigenvalue weighted by atomic mass is 10.0. The standard InChI is InChI=1S/C14H12N2O5/c1-8-12(14(18)21-2)13(17)11(15-8)7-9-3-5-10(6-4-9)16(19)20/h3-7,12H,1-2H3/b11-7+. The van der Waals surface area contributed by atoms with Crippen molar-refractivity contribution in [2.45, 2.75) is 6.92 Å². The van der Waals surface area contributed by atoms with Gasteiger partial charge in [0.25, 0.3) is 5.69 Å². The SMILES string of the molecule is COC(=O)C1C(=O)/C(=C\c2ccc([N+](=O)[O-])cc2)N=C1C. The lowest BCUT2D eigenvalue weighted by Crippen LogP contribution is -2.27. The Kier molecular flexibility index (Phi) is 3.93. The molecule has 0 aromatic heterocycles. The number of allylic oxidation sites excluding steroid dienone is 1. The first-order chi connectivity index (χ1) is 9.93. The van der Waals surface area contributed by atoms with Crippen molar-refractivity contribution in [1.82, 2.24) is 0 Å². The van der Waals surface area contributed by atoms with Gasteiger partial charge in [-0.3, -0.25) is 24.7 Å². The van der Waals surface area contributed by atoms with Crippen LogP contribution in [-0.4, -0.2) is 29.5 Å². The fourth-order valence-electron chi connectivity index (χ4n) is 2.00. The van der Waals surface area contributed by atoms with E-state index in [-0.39, 0.29) is 11.4 Å². The number of hydrogen-bond acceptors (Lipinski definition) is 6. The maximum atomic E-state index is 12.1. The summed E-state index contributed by atoms with van der Waals surface area (Å²) in [4.78, 5) is 37.8. The Hall–Kier alpha value is -2.83. The summed E-state index contributed by atoms with van der Waals surface area (Å²) < 4.78 is 4.57. The van der Waals surface area contributed by atoms with E-state index in [1.165, 1.54) is 37.5 Å². The summed E-state index contributed by atoms with van der Waals surface area (Å²) in [6, 6.07) is 5.68. The van der Waals surface area contributed by atoms with Crippen LogP contribution >= 0.6 is 0 Å². The number of carbonyl (C=O) groups is 2. The number of methoxy groups -OCH3 is 1. The molecule has 1 aliphatic heterocycles. The number of aliphatic imine (C=N–C) groups is 1. The van der Waals surface area contributed by atoms with Gasteiger partial charge in [0.15, 0.2) is 5.92 Å². The van der Waals surface area contributed by atoms with Crippen LogP contribution in [0.1, 0.15) is 12.5 Å². The van der Waals surface area contributed by atoms with Gasteiger partial charge < -0.3 is 4.74 Å². The van der Waals surface area contributed by atoms with Gasteiger partial charge in [-0.1, -0.05) is 0 Å². The maximum absolute atomic E-state index is 12.1. The molecule has 1 heterocycles. The quantitative estimate of drug-likeness (QED) is 0.277. The second-order valence-electron chi connectivity index (χ2n) is 4.45. The molecule has 2 rings (SSSR count). The minimum atomic E-state index is -1.00. The van der Waals surface area contributed by atoms with Crippen molar-refractivity contribution >= 4 is 29.2 Å². The van der Waals surface area contributed by atoms with Crippen molar-refractivity contribution < 1.29 is 19.2 Å². The second kappa shape index (κ2) is 5.66. The third kappa shape index (κ3) is 2.86. The number of nitro benzene ring substituents is 1. The van der Waals surface area contributed by atoms with E-state index in [2.05, 4.69) is 9.73 Å². The molecule has 0 saturated heterocycles. The van der Waals surface area contributed by atoms with Crippen LogP contribution in [0.25, 0.3) is 6.08 Å². The van der Waals surface area contributed by atoms with Crippen molar-refractivity contribution in [2.75, 3.05) is 7.11 Å². The van der Waals surface area contributed by atoms with Gasteiger partial charge >= 0.3 is 5.97 Å². The van der Waals surface area contributed by atoms with E-state index >= 15 is 0 Å². The fourth-order valence-corrected chi connectivity index (χ4v) is 2.00. The predicted molar refractivity (Wildman–Crippen MR) is 74.7 cm³/mol. The maximum Gasteiger partial charge on any atom is 0.322 e. The molecular formula is C14H12N2O5. The Morgan fingerprint density at radius 3 is 2.52 bits per heavy atom. The van der Waals surface area contributed by atoms with Crippen LogP contribution in [0, 0.1) is 16.0 Å². The van der Waals surface area contributed by atoms with E-state index < -0.39 is 22.6 Å². The number of nitro groups is 1. The summed E-state index contributed by atoms with van der Waals surface area (Å²) in [6.07, 6.45) is 1.48. The fraction of sp³-hybridized carbons (Fsp3) is 0.214. The molecule has 0 N–H and O–H groups in total. The molecule has 0 amide bonds. The van der Waals surface area contributed by atoms with E-state index in [4.69, 9.17) is 0 Å². The van der Waals surface area contributed by atoms with Crippen LogP contribution in [0.2, 0.25) is 0 Å². The van der Waals surface area contributed by atoms with Crippen LogP contribution in [0.4, 0.5) is 5.69 Å². The average Bonchev–Trinajstić information content (AvgIpc) is 2.73. The van der Waals surface area contributed by atoms with E-state index in [0.717, 1.165) is 0 Å². The van der Waals surface area contributed by atoms with Crippen molar-refractivity contribution in [2.24, 2.45) is 10.9 Å². The molecular weight excluding hydrogens is 276 g/mol. The van der Waals surface area contributed by atoms with Crippen LogP contribution in [0.3, 0.4) is 0 Å². The summed E-state index contributed by atoms with van der Waals surface area (Å²) in [5, 5.41) is 10.6. The topological polar surface area (TPSA) is 98.9 Å². The number of carbonyl (C=O) groups excluding carboxylic acids is 2. The van der Waals surface area contributed by atoms with Gasteiger partial charge in [0.1, 0.15) is 5.70 Å². The van der Waals surface area contributed by atoms with E-state index in [0.29, 0.717) is 11.3 Å². The Morgan fingerprint density at radius 1 is 1.38 bits per heavy atom. The van der Waals surface area contributed by atoms with Crippen molar-refractivity contribution in [3.8, 4) is 0 Å². The summed E-state index contributed by atoms with van der Waals surface area (Å²) in [6.45, 7) is 1.58. The van der Waals surface area contributed by atoms with Crippen LogP contribution in [-0.2, 0) is 14.3 Å². The number of benzene rings is 1. The average molecular weight is 288 g/mol. The van der Waals surface area contributed by atoms with Gasteiger partial charge in [-0.2, -0.15) is 0 Å². The van der Waals surface area contributed by atoms with Crippen LogP contribution in [0.5, 0.6) is 0 Å². The highest BCUT2D eigenvalue weighted by Crippen LogP contribution is 2.24. The van der Waals surface area contributed by atoms with Crippen molar-refractivity contribution in [3.63, 3.8) is 0 Å². The molecule has 0 aliphatic carbocycles. The number of nitrogens with zero attached hydrogens (tertiary/aromatic N) is 2. The Morgan fingerprint density at radius 2 is 2.00 bits per heavy atom. The first-order valence-electron chi connectivity index (χ1n) is 6.07.